The Hall–Kier alpha value is -1.37. The van der Waals surface area contributed by atoms with Crippen molar-refractivity contribution >= 4 is 34.8 Å². The molecule has 0 aliphatic carbocycles. The van der Waals surface area contributed by atoms with Crippen molar-refractivity contribution in [3.63, 3.8) is 0 Å². The van der Waals surface area contributed by atoms with Gasteiger partial charge in [-0.05, 0) is 26.1 Å². The van der Waals surface area contributed by atoms with Gasteiger partial charge in [-0.25, -0.2) is 0 Å². The first-order valence-corrected chi connectivity index (χ1v) is 6.77. The number of rotatable bonds is 3. The summed E-state index contributed by atoms with van der Waals surface area (Å²) in [6, 6.07) is 2.52. The molecule has 1 aromatic carbocycles. The molecule has 6 nitrogen and oxygen atoms in total. The molecular weight excluding hydrogens is 305 g/mol. The molecule has 108 valence electrons. The van der Waals surface area contributed by atoms with Crippen LogP contribution in [0.15, 0.2) is 12.1 Å². The fraction of sp³-hybridized carbons (Fsp3) is 0.417. The predicted octanol–water partition coefficient (Wildman–Crippen LogP) is 2.34. The zero-order valence-corrected chi connectivity index (χ0v) is 12.2. The Morgan fingerprint density at radius 1 is 1.50 bits per heavy atom. The maximum absolute atomic E-state index is 12.1. The molecule has 1 amide bonds. The number of hydrogen-bond acceptors (Lipinski definition) is 4. The van der Waals surface area contributed by atoms with E-state index in [0.717, 1.165) is 25.6 Å². The summed E-state index contributed by atoms with van der Waals surface area (Å²) >= 11 is 11.6. The molecule has 1 fully saturated rings. The molecule has 20 heavy (non-hydrogen) atoms. The second-order valence-electron chi connectivity index (χ2n) is 4.77. The number of carbonyl (C=O) groups is 1. The van der Waals surface area contributed by atoms with Gasteiger partial charge in [-0.3, -0.25) is 14.9 Å². The molecule has 1 aromatic rings. The number of amides is 1. The van der Waals surface area contributed by atoms with Crippen LogP contribution in [0.5, 0.6) is 0 Å². The lowest BCUT2D eigenvalue weighted by Gasteiger charge is -2.13. The SMILES string of the molecule is CN1CCC(NC(=O)c2cc(Cl)c(Cl)c([N+](=O)[O-])c2)C1. The minimum absolute atomic E-state index is 0.00504. The summed E-state index contributed by atoms with van der Waals surface area (Å²) in [5.74, 6) is -0.382. The molecule has 0 bridgehead atoms. The molecule has 1 aliphatic heterocycles. The molecule has 1 unspecified atom stereocenters. The van der Waals surface area contributed by atoms with Gasteiger partial charge >= 0.3 is 0 Å². The smallest absolute Gasteiger partial charge is 0.290 e. The second kappa shape index (κ2) is 5.95. The second-order valence-corrected chi connectivity index (χ2v) is 5.55. The zero-order valence-electron chi connectivity index (χ0n) is 10.7. The fourth-order valence-electron chi connectivity index (χ4n) is 2.16. The molecule has 0 saturated carbocycles. The van der Waals surface area contributed by atoms with Crippen LogP contribution < -0.4 is 5.32 Å². The highest BCUT2D eigenvalue weighted by Gasteiger charge is 2.24. The Kier molecular flexibility index (Phi) is 4.47. The number of likely N-dealkylation sites (tertiary alicyclic amines) is 1. The van der Waals surface area contributed by atoms with Gasteiger partial charge in [-0.2, -0.15) is 0 Å². The average Bonchev–Trinajstić information content (AvgIpc) is 2.77. The maximum atomic E-state index is 12.1. The van der Waals surface area contributed by atoms with E-state index >= 15 is 0 Å². The third-order valence-electron chi connectivity index (χ3n) is 3.19. The topological polar surface area (TPSA) is 75.5 Å². The summed E-state index contributed by atoms with van der Waals surface area (Å²) in [5, 5.41) is 13.5. The number of carbonyl (C=O) groups excluding carboxylic acids is 1. The molecule has 0 aromatic heterocycles. The molecule has 1 heterocycles. The standard InChI is InChI=1S/C12H13Cl2N3O3/c1-16-3-2-8(6-16)15-12(18)7-4-9(13)11(14)10(5-7)17(19)20/h4-5,8H,2-3,6H2,1H3,(H,15,18). The minimum Gasteiger partial charge on any atom is -0.348 e. The van der Waals surface area contributed by atoms with Crippen molar-refractivity contribution in [1.29, 1.82) is 0 Å². The van der Waals surface area contributed by atoms with Gasteiger partial charge in [-0.15, -0.1) is 0 Å². The Labute approximate surface area is 125 Å². The number of likely N-dealkylation sites (N-methyl/N-ethyl adjacent to an activating group) is 1. The van der Waals surface area contributed by atoms with Crippen LogP contribution in [0.3, 0.4) is 0 Å². The van der Waals surface area contributed by atoms with E-state index in [9.17, 15) is 14.9 Å². The summed E-state index contributed by atoms with van der Waals surface area (Å²) in [6.45, 7) is 1.67. The van der Waals surface area contributed by atoms with Gasteiger partial charge in [0, 0.05) is 24.2 Å². The average molecular weight is 318 g/mol. The van der Waals surface area contributed by atoms with Crippen LogP contribution in [0.25, 0.3) is 0 Å². The summed E-state index contributed by atoms with van der Waals surface area (Å²) in [5.41, 5.74) is -0.228. The number of nitrogens with one attached hydrogen (secondary N) is 1. The zero-order chi connectivity index (χ0) is 14.9. The number of benzene rings is 1. The lowest BCUT2D eigenvalue weighted by atomic mass is 10.1. The van der Waals surface area contributed by atoms with Gasteiger partial charge in [0.15, 0.2) is 0 Å². The van der Waals surface area contributed by atoms with Crippen LogP contribution in [0.2, 0.25) is 10.0 Å². The van der Waals surface area contributed by atoms with Crippen molar-refractivity contribution in [3.05, 3.63) is 37.9 Å². The number of nitro groups is 1. The van der Waals surface area contributed by atoms with Crippen LogP contribution in [-0.2, 0) is 0 Å². The summed E-state index contributed by atoms with van der Waals surface area (Å²) in [6.07, 6.45) is 0.853. The van der Waals surface area contributed by atoms with Crippen molar-refractivity contribution in [2.45, 2.75) is 12.5 Å². The highest BCUT2D eigenvalue weighted by molar-refractivity contribution is 6.43. The van der Waals surface area contributed by atoms with Crippen molar-refractivity contribution in [2.75, 3.05) is 20.1 Å². The summed E-state index contributed by atoms with van der Waals surface area (Å²) in [7, 11) is 1.97. The third-order valence-corrected chi connectivity index (χ3v) is 3.99. The van der Waals surface area contributed by atoms with Crippen molar-refractivity contribution in [3.8, 4) is 0 Å². The first-order valence-electron chi connectivity index (χ1n) is 6.01. The Bertz CT molecular complexity index is 565. The van der Waals surface area contributed by atoms with Crippen molar-refractivity contribution in [2.24, 2.45) is 0 Å². The fourth-order valence-corrected chi connectivity index (χ4v) is 2.55. The van der Waals surface area contributed by atoms with Gasteiger partial charge in [0.1, 0.15) is 5.02 Å². The van der Waals surface area contributed by atoms with Gasteiger partial charge in [0.2, 0.25) is 0 Å². The minimum atomic E-state index is -0.658. The van der Waals surface area contributed by atoms with Gasteiger partial charge < -0.3 is 10.2 Å². The van der Waals surface area contributed by atoms with Crippen LogP contribution in [0.4, 0.5) is 5.69 Å². The normalized spacial score (nSPS) is 19.1. The highest BCUT2D eigenvalue weighted by Crippen LogP contribution is 2.33. The van der Waals surface area contributed by atoms with E-state index in [1.54, 1.807) is 0 Å². The molecule has 1 atom stereocenters. The molecule has 0 radical (unpaired) electrons. The number of nitro benzene ring substituents is 1. The molecular formula is C12H13Cl2N3O3. The quantitative estimate of drug-likeness (QED) is 0.685. The van der Waals surface area contributed by atoms with E-state index in [4.69, 9.17) is 23.2 Å². The Morgan fingerprint density at radius 3 is 2.75 bits per heavy atom. The van der Waals surface area contributed by atoms with E-state index in [2.05, 4.69) is 10.2 Å². The lowest BCUT2D eigenvalue weighted by Crippen LogP contribution is -2.36. The molecule has 1 aliphatic rings. The third kappa shape index (κ3) is 3.20. The molecule has 2 rings (SSSR count). The monoisotopic (exact) mass is 317 g/mol. The summed E-state index contributed by atoms with van der Waals surface area (Å²) in [4.78, 5) is 24.4. The molecule has 1 saturated heterocycles. The number of nitrogens with zero attached hydrogens (tertiary/aromatic N) is 2. The molecule has 0 spiro atoms. The highest BCUT2D eigenvalue weighted by atomic mass is 35.5. The number of hydrogen-bond donors (Lipinski definition) is 1. The largest absolute Gasteiger partial charge is 0.348 e. The lowest BCUT2D eigenvalue weighted by molar-refractivity contribution is -0.384. The van der Waals surface area contributed by atoms with Gasteiger partial charge in [0.25, 0.3) is 11.6 Å². The van der Waals surface area contributed by atoms with Crippen LogP contribution in [-0.4, -0.2) is 41.9 Å². The van der Waals surface area contributed by atoms with Crippen LogP contribution in [0.1, 0.15) is 16.8 Å². The predicted molar refractivity (Wildman–Crippen MR) is 76.5 cm³/mol. The van der Waals surface area contributed by atoms with E-state index in [1.807, 2.05) is 7.05 Å². The van der Waals surface area contributed by atoms with Crippen LogP contribution in [0, 0.1) is 10.1 Å². The molecule has 8 heteroatoms. The molecule has 1 N–H and O–H groups in total. The van der Waals surface area contributed by atoms with E-state index in [-0.39, 0.29) is 33.2 Å². The maximum Gasteiger partial charge on any atom is 0.290 e. The van der Waals surface area contributed by atoms with Crippen molar-refractivity contribution < 1.29 is 9.72 Å². The number of halogens is 2. The van der Waals surface area contributed by atoms with E-state index in [1.165, 1.54) is 6.07 Å². The first-order chi connectivity index (χ1) is 9.38. The Morgan fingerprint density at radius 2 is 2.20 bits per heavy atom. The van der Waals surface area contributed by atoms with Crippen molar-refractivity contribution in [1.82, 2.24) is 10.2 Å². The summed E-state index contributed by atoms with van der Waals surface area (Å²) < 4.78 is 0. The Balaban J connectivity index is 2.20. The van der Waals surface area contributed by atoms with E-state index in [0.29, 0.717) is 0 Å². The first kappa shape index (κ1) is 15.0. The van der Waals surface area contributed by atoms with Crippen LogP contribution >= 0.6 is 23.2 Å². The van der Waals surface area contributed by atoms with Gasteiger partial charge in [-0.1, -0.05) is 23.2 Å². The van der Waals surface area contributed by atoms with Gasteiger partial charge in [0.05, 0.1) is 9.95 Å². The van der Waals surface area contributed by atoms with E-state index < -0.39 is 4.92 Å².